The first kappa shape index (κ1) is 20.0. The van der Waals surface area contributed by atoms with Gasteiger partial charge in [0.2, 0.25) is 5.91 Å². The number of ether oxygens (including phenoxy) is 1. The van der Waals surface area contributed by atoms with E-state index in [-0.39, 0.29) is 18.4 Å². The molecule has 0 radical (unpaired) electrons. The maximum Gasteiger partial charge on any atom is 0.277 e. The second-order valence-corrected chi connectivity index (χ2v) is 6.85. The number of amides is 2. The van der Waals surface area contributed by atoms with E-state index in [0.717, 1.165) is 37.6 Å². The number of rotatable bonds is 7. The number of likely N-dealkylation sites (N-methyl/N-ethyl adjacent to an activating group) is 2. The molecule has 1 aliphatic heterocycles. The van der Waals surface area contributed by atoms with Gasteiger partial charge in [0.25, 0.3) is 5.91 Å². The zero-order valence-corrected chi connectivity index (χ0v) is 16.3. The van der Waals surface area contributed by atoms with Crippen molar-refractivity contribution in [1.29, 1.82) is 0 Å². The number of carbonyl (C=O) groups excluding carboxylic acids is 2. The van der Waals surface area contributed by atoms with Crippen LogP contribution in [0.4, 0.5) is 5.69 Å². The third-order valence-corrected chi connectivity index (χ3v) is 4.67. The van der Waals surface area contributed by atoms with Crippen molar-refractivity contribution >= 4 is 17.5 Å². The maximum absolute atomic E-state index is 12.4. The molecule has 1 heterocycles. The highest BCUT2D eigenvalue weighted by Crippen LogP contribution is 2.27. The predicted octanol–water partition coefficient (Wildman–Crippen LogP) is -0.663. The van der Waals surface area contributed by atoms with Crippen LogP contribution < -0.4 is 14.5 Å². The summed E-state index contributed by atoms with van der Waals surface area (Å²) < 4.78 is 5.72. The second-order valence-electron chi connectivity index (χ2n) is 6.85. The van der Waals surface area contributed by atoms with Gasteiger partial charge >= 0.3 is 0 Å². The Morgan fingerprint density at radius 3 is 2.38 bits per heavy atom. The molecule has 7 nitrogen and oxygen atoms in total. The van der Waals surface area contributed by atoms with Crippen LogP contribution in [-0.2, 0) is 9.59 Å². The van der Waals surface area contributed by atoms with E-state index in [0.29, 0.717) is 13.2 Å². The van der Waals surface area contributed by atoms with E-state index in [4.69, 9.17) is 4.74 Å². The molecule has 0 unspecified atom stereocenters. The number of hydrogen-bond donors (Lipinski definition) is 1. The molecule has 1 aromatic carbocycles. The first-order chi connectivity index (χ1) is 12.4. The Morgan fingerprint density at radius 2 is 1.77 bits per heavy atom. The van der Waals surface area contributed by atoms with E-state index in [2.05, 4.69) is 11.0 Å². The minimum atomic E-state index is -0.0619. The van der Waals surface area contributed by atoms with Gasteiger partial charge in [-0.3, -0.25) is 9.59 Å². The molecule has 1 saturated heterocycles. The van der Waals surface area contributed by atoms with Gasteiger partial charge in [-0.25, -0.2) is 0 Å². The zero-order valence-electron chi connectivity index (χ0n) is 16.3. The van der Waals surface area contributed by atoms with Gasteiger partial charge in [-0.2, -0.15) is 0 Å². The van der Waals surface area contributed by atoms with E-state index in [9.17, 15) is 9.59 Å². The largest absolute Gasteiger partial charge is 0.492 e. The van der Waals surface area contributed by atoms with Crippen LogP contribution in [-0.4, -0.2) is 88.6 Å². The van der Waals surface area contributed by atoms with Crippen LogP contribution in [0.2, 0.25) is 0 Å². The lowest BCUT2D eigenvalue weighted by Crippen LogP contribution is -3.15. The van der Waals surface area contributed by atoms with Crippen LogP contribution in [0.1, 0.15) is 6.92 Å². The monoisotopic (exact) mass is 363 g/mol. The predicted molar refractivity (Wildman–Crippen MR) is 102 cm³/mol. The molecule has 0 bridgehead atoms. The topological polar surface area (TPSA) is 57.5 Å². The van der Waals surface area contributed by atoms with E-state index in [1.54, 1.807) is 21.1 Å². The van der Waals surface area contributed by atoms with Gasteiger partial charge in [0, 0.05) is 21.1 Å². The van der Waals surface area contributed by atoms with Gasteiger partial charge in [0.15, 0.2) is 6.54 Å². The number of anilines is 1. The summed E-state index contributed by atoms with van der Waals surface area (Å²) >= 11 is 0. The normalized spacial score (nSPS) is 14.8. The molecule has 144 valence electrons. The number of para-hydroxylation sites is 2. The number of piperazine rings is 1. The summed E-state index contributed by atoms with van der Waals surface area (Å²) in [6, 6.07) is 8.09. The Labute approximate surface area is 156 Å². The van der Waals surface area contributed by atoms with Gasteiger partial charge in [0.1, 0.15) is 5.75 Å². The zero-order chi connectivity index (χ0) is 19.1. The van der Waals surface area contributed by atoms with Crippen LogP contribution in [0, 0.1) is 0 Å². The summed E-state index contributed by atoms with van der Waals surface area (Å²) in [6.07, 6.45) is 0. The molecule has 1 N–H and O–H groups in total. The molecule has 2 rings (SSSR count). The highest BCUT2D eigenvalue weighted by atomic mass is 16.5. The SMILES string of the molecule is CCOc1ccccc1N1CC[NH+](CC(=O)N(C)CC(=O)N(C)C)CC1. The highest BCUT2D eigenvalue weighted by Gasteiger charge is 2.25. The van der Waals surface area contributed by atoms with Gasteiger partial charge in [-0.05, 0) is 19.1 Å². The number of nitrogens with one attached hydrogen (secondary N) is 1. The molecule has 0 aromatic heterocycles. The average molecular weight is 363 g/mol. The summed E-state index contributed by atoms with van der Waals surface area (Å²) in [7, 11) is 5.09. The fourth-order valence-corrected chi connectivity index (χ4v) is 3.02. The summed E-state index contributed by atoms with van der Waals surface area (Å²) in [5, 5.41) is 0. The lowest BCUT2D eigenvalue weighted by Gasteiger charge is -2.34. The third-order valence-electron chi connectivity index (χ3n) is 4.67. The minimum Gasteiger partial charge on any atom is -0.492 e. The van der Waals surface area contributed by atoms with Crippen molar-refractivity contribution in [2.45, 2.75) is 6.92 Å². The van der Waals surface area contributed by atoms with E-state index in [1.165, 1.54) is 14.7 Å². The van der Waals surface area contributed by atoms with Crippen molar-refractivity contribution in [2.75, 3.05) is 71.9 Å². The Balaban J connectivity index is 1.85. The average Bonchev–Trinajstić information content (AvgIpc) is 2.63. The van der Waals surface area contributed by atoms with Crippen LogP contribution in [0.15, 0.2) is 24.3 Å². The van der Waals surface area contributed by atoms with Crippen molar-refractivity contribution in [1.82, 2.24) is 9.80 Å². The van der Waals surface area contributed by atoms with Crippen molar-refractivity contribution in [3.8, 4) is 5.75 Å². The lowest BCUT2D eigenvalue weighted by molar-refractivity contribution is -0.892. The lowest BCUT2D eigenvalue weighted by atomic mass is 10.2. The Bertz CT molecular complexity index is 613. The first-order valence-corrected chi connectivity index (χ1v) is 9.16. The molecule has 26 heavy (non-hydrogen) atoms. The molecule has 0 aliphatic carbocycles. The Morgan fingerprint density at radius 1 is 1.12 bits per heavy atom. The Hall–Kier alpha value is -2.28. The van der Waals surface area contributed by atoms with Crippen molar-refractivity contribution in [3.05, 3.63) is 24.3 Å². The van der Waals surface area contributed by atoms with Gasteiger partial charge < -0.3 is 24.3 Å². The minimum absolute atomic E-state index is 0.0124. The molecule has 1 fully saturated rings. The maximum atomic E-state index is 12.4. The number of nitrogens with zero attached hydrogens (tertiary/aromatic N) is 3. The number of carbonyl (C=O) groups is 2. The fourth-order valence-electron chi connectivity index (χ4n) is 3.02. The summed E-state index contributed by atoms with van der Waals surface area (Å²) in [4.78, 5) is 30.7. The summed E-state index contributed by atoms with van der Waals surface area (Å²) in [5.74, 6) is 0.864. The van der Waals surface area contributed by atoms with Crippen LogP contribution in [0.25, 0.3) is 0 Å². The van der Waals surface area contributed by atoms with Crippen LogP contribution in [0.5, 0.6) is 5.75 Å². The molecule has 7 heteroatoms. The fraction of sp³-hybridized carbons (Fsp3) is 0.579. The molecular formula is C19H31N4O3+. The van der Waals surface area contributed by atoms with Crippen molar-refractivity contribution in [2.24, 2.45) is 0 Å². The van der Waals surface area contributed by atoms with Crippen LogP contribution in [0.3, 0.4) is 0 Å². The molecule has 0 saturated carbocycles. The molecule has 0 spiro atoms. The number of quaternary nitrogens is 1. The standard InChI is InChI=1S/C19H30N4O3/c1-5-26-17-9-7-6-8-16(17)23-12-10-22(11-13-23)15-19(25)21(4)14-18(24)20(2)3/h6-9H,5,10-15H2,1-4H3/p+1. The highest BCUT2D eigenvalue weighted by molar-refractivity contribution is 5.84. The quantitative estimate of drug-likeness (QED) is 0.699. The number of benzene rings is 1. The second kappa shape index (κ2) is 9.43. The first-order valence-electron chi connectivity index (χ1n) is 9.16. The van der Waals surface area contributed by atoms with E-state index in [1.807, 2.05) is 25.1 Å². The van der Waals surface area contributed by atoms with Crippen molar-refractivity contribution in [3.63, 3.8) is 0 Å². The third kappa shape index (κ3) is 5.36. The van der Waals surface area contributed by atoms with Crippen LogP contribution >= 0.6 is 0 Å². The molecular weight excluding hydrogens is 332 g/mol. The van der Waals surface area contributed by atoms with Crippen molar-refractivity contribution < 1.29 is 19.2 Å². The van der Waals surface area contributed by atoms with Gasteiger partial charge in [-0.15, -0.1) is 0 Å². The molecule has 0 atom stereocenters. The van der Waals surface area contributed by atoms with E-state index < -0.39 is 0 Å². The van der Waals surface area contributed by atoms with Gasteiger partial charge in [-0.1, -0.05) is 12.1 Å². The van der Waals surface area contributed by atoms with Gasteiger partial charge in [0.05, 0.1) is 45.0 Å². The van der Waals surface area contributed by atoms with E-state index >= 15 is 0 Å². The molecule has 1 aromatic rings. The summed E-state index contributed by atoms with van der Waals surface area (Å²) in [5.41, 5.74) is 1.12. The molecule has 2 amide bonds. The summed E-state index contributed by atoms with van der Waals surface area (Å²) in [6.45, 7) is 6.74. The smallest absolute Gasteiger partial charge is 0.277 e. The Kier molecular flexibility index (Phi) is 7.26. The number of hydrogen-bond acceptors (Lipinski definition) is 4. The molecule has 1 aliphatic rings.